The van der Waals surface area contributed by atoms with Crippen LogP contribution in [0.5, 0.6) is 0 Å². The van der Waals surface area contributed by atoms with Crippen molar-refractivity contribution in [2.45, 2.75) is 83.7 Å². The quantitative estimate of drug-likeness (QED) is 0.365. The molecule has 4 nitrogen and oxygen atoms in total. The Bertz CT molecular complexity index is 570. The molecule has 0 spiro atoms. The van der Waals surface area contributed by atoms with Gasteiger partial charge in [-0.3, -0.25) is 10.1 Å². The first-order chi connectivity index (χ1) is 11.8. The van der Waals surface area contributed by atoms with Crippen LogP contribution >= 0.6 is 12.4 Å². The second-order valence-corrected chi connectivity index (χ2v) is 10.4. The average molecular weight is 385 g/mol. The summed E-state index contributed by atoms with van der Waals surface area (Å²) in [6.45, 7) is 4.84. The van der Waals surface area contributed by atoms with E-state index in [1.54, 1.807) is 0 Å². The third-order valence-corrected chi connectivity index (χ3v) is 9.73. The molecule has 2 unspecified atom stereocenters. The number of hydrogen-bond donors (Lipinski definition) is 0. The van der Waals surface area contributed by atoms with Crippen LogP contribution in [0, 0.1) is 44.6 Å². The minimum absolute atomic E-state index is 0. The van der Waals surface area contributed by atoms with E-state index in [1.807, 2.05) is 19.0 Å². The molecule has 0 N–H and O–H groups in total. The third kappa shape index (κ3) is 2.36. The summed E-state index contributed by atoms with van der Waals surface area (Å²) in [4.78, 5) is 14.3. The first-order valence-electron chi connectivity index (χ1n) is 10.6. The molecule has 0 aliphatic heterocycles. The second kappa shape index (κ2) is 6.62. The number of fused-ring (bicyclic) bond motifs is 5. The van der Waals surface area contributed by atoms with Crippen molar-refractivity contribution in [2.75, 3.05) is 14.1 Å². The summed E-state index contributed by atoms with van der Waals surface area (Å²) >= 11 is 0. The monoisotopic (exact) mass is 384 g/mol. The first kappa shape index (κ1) is 20.4. The van der Waals surface area contributed by atoms with Crippen molar-refractivity contribution in [2.24, 2.45) is 34.5 Å². The normalized spacial score (nSPS) is 50.3. The van der Waals surface area contributed by atoms with Gasteiger partial charge >= 0.3 is 0 Å². The van der Waals surface area contributed by atoms with Gasteiger partial charge in [-0.15, -0.1) is 12.4 Å². The molecular weight excluding hydrogens is 348 g/mol. The van der Waals surface area contributed by atoms with Crippen LogP contribution in [0.2, 0.25) is 0 Å². The summed E-state index contributed by atoms with van der Waals surface area (Å²) < 4.78 is 0. The van der Waals surface area contributed by atoms with Crippen molar-refractivity contribution in [3.8, 4) is 0 Å². The highest BCUT2D eigenvalue weighted by Gasteiger charge is 2.71. The van der Waals surface area contributed by atoms with Crippen LogP contribution in [-0.2, 0) is 0 Å². The standard InChI is InChI=1S/C21H36N2O2.ClH/c1-19-12-6-5-7-15(19)8-9-16-17(19)10-13-20(2)18(16)11-14-21(20,22(3)4)23(24)25;/h15-18H,5-14H2,1-4H3;1H/t15?,16-,17-,18+,19+,20+,21?;/m1./s1. The van der Waals surface area contributed by atoms with Gasteiger partial charge in [0.15, 0.2) is 0 Å². The Labute approximate surface area is 165 Å². The molecule has 0 radical (unpaired) electrons. The van der Waals surface area contributed by atoms with Gasteiger partial charge in [-0.05, 0) is 88.1 Å². The first-order valence-corrected chi connectivity index (χ1v) is 10.6. The molecule has 26 heavy (non-hydrogen) atoms. The van der Waals surface area contributed by atoms with Crippen LogP contribution < -0.4 is 0 Å². The molecule has 0 bridgehead atoms. The maximum absolute atomic E-state index is 12.2. The van der Waals surface area contributed by atoms with E-state index in [9.17, 15) is 10.1 Å². The molecule has 0 heterocycles. The largest absolute Gasteiger partial charge is 0.282 e. The molecule has 0 saturated heterocycles. The van der Waals surface area contributed by atoms with Crippen LogP contribution in [0.25, 0.3) is 0 Å². The van der Waals surface area contributed by atoms with Crippen LogP contribution in [0.15, 0.2) is 0 Å². The number of nitro groups is 1. The van der Waals surface area contributed by atoms with E-state index in [2.05, 4.69) is 13.8 Å². The Balaban J connectivity index is 0.00000196. The maximum Gasteiger partial charge on any atom is 0.282 e. The van der Waals surface area contributed by atoms with Gasteiger partial charge in [0.2, 0.25) is 0 Å². The third-order valence-electron chi connectivity index (χ3n) is 9.73. The van der Waals surface area contributed by atoms with E-state index < -0.39 is 5.66 Å². The Morgan fingerprint density at radius 1 is 0.923 bits per heavy atom. The number of halogens is 1. The van der Waals surface area contributed by atoms with Crippen LogP contribution in [-0.4, -0.2) is 29.6 Å². The number of nitrogens with zero attached hydrogens (tertiary/aromatic N) is 2. The Hall–Kier alpha value is -0.350. The van der Waals surface area contributed by atoms with Gasteiger partial charge < -0.3 is 0 Å². The fraction of sp³-hybridized carbons (Fsp3) is 1.00. The maximum atomic E-state index is 12.2. The zero-order valence-electron chi connectivity index (χ0n) is 17.0. The van der Waals surface area contributed by atoms with Gasteiger partial charge in [0.05, 0.1) is 5.41 Å². The summed E-state index contributed by atoms with van der Waals surface area (Å²) in [5, 5.41) is 12.2. The van der Waals surface area contributed by atoms with E-state index in [-0.39, 0.29) is 22.7 Å². The minimum atomic E-state index is -0.854. The molecule has 7 atom stereocenters. The second-order valence-electron chi connectivity index (χ2n) is 10.4. The Morgan fingerprint density at radius 2 is 1.62 bits per heavy atom. The van der Waals surface area contributed by atoms with E-state index in [1.165, 1.54) is 44.9 Å². The van der Waals surface area contributed by atoms with Crippen molar-refractivity contribution in [3.05, 3.63) is 10.1 Å². The average Bonchev–Trinajstić information content (AvgIpc) is 2.88. The number of hydrogen-bond acceptors (Lipinski definition) is 3. The lowest BCUT2D eigenvalue weighted by atomic mass is 9.45. The van der Waals surface area contributed by atoms with Gasteiger partial charge in [-0.25, -0.2) is 4.90 Å². The summed E-state index contributed by atoms with van der Waals surface area (Å²) in [6.07, 6.45) is 12.4. The van der Waals surface area contributed by atoms with Crippen LogP contribution in [0.1, 0.15) is 78.1 Å². The van der Waals surface area contributed by atoms with Gasteiger partial charge in [0.25, 0.3) is 5.66 Å². The van der Waals surface area contributed by atoms with Gasteiger partial charge in [0.1, 0.15) is 0 Å². The fourth-order valence-corrected chi connectivity index (χ4v) is 8.48. The summed E-state index contributed by atoms with van der Waals surface area (Å²) in [5.41, 5.74) is -0.507. The molecule has 0 aromatic heterocycles. The summed E-state index contributed by atoms with van der Waals surface area (Å²) in [5.74, 6) is 3.00. The van der Waals surface area contributed by atoms with Gasteiger partial charge in [-0.1, -0.05) is 26.7 Å². The van der Waals surface area contributed by atoms with Gasteiger partial charge in [-0.2, -0.15) is 0 Å². The van der Waals surface area contributed by atoms with Gasteiger partial charge in [0, 0.05) is 11.3 Å². The van der Waals surface area contributed by atoms with Crippen LogP contribution in [0.3, 0.4) is 0 Å². The van der Waals surface area contributed by atoms with E-state index in [4.69, 9.17) is 0 Å². The predicted octanol–water partition coefficient (Wildman–Crippen LogP) is 5.38. The smallest absolute Gasteiger partial charge is 0.263 e. The molecule has 5 heteroatoms. The molecule has 0 amide bonds. The summed E-state index contributed by atoms with van der Waals surface area (Å²) in [7, 11) is 3.86. The van der Waals surface area contributed by atoms with E-state index in [0.29, 0.717) is 11.3 Å². The molecule has 4 aliphatic rings. The molecule has 4 fully saturated rings. The lowest BCUT2D eigenvalue weighted by Crippen LogP contribution is -2.63. The minimum Gasteiger partial charge on any atom is -0.263 e. The molecule has 0 aromatic rings. The molecular formula is C21H37ClN2O2. The van der Waals surface area contributed by atoms with Crippen molar-refractivity contribution < 1.29 is 4.92 Å². The van der Waals surface area contributed by atoms with E-state index >= 15 is 0 Å². The Morgan fingerprint density at radius 3 is 2.27 bits per heavy atom. The van der Waals surface area contributed by atoms with Crippen molar-refractivity contribution >= 4 is 12.4 Å². The van der Waals surface area contributed by atoms with Crippen molar-refractivity contribution in [1.29, 1.82) is 0 Å². The molecule has 4 saturated carbocycles. The lowest BCUT2D eigenvalue weighted by molar-refractivity contribution is -0.620. The Kier molecular flexibility index (Phi) is 5.19. The highest BCUT2D eigenvalue weighted by molar-refractivity contribution is 5.85. The highest BCUT2D eigenvalue weighted by atomic mass is 35.5. The van der Waals surface area contributed by atoms with E-state index in [0.717, 1.165) is 37.0 Å². The molecule has 0 aromatic carbocycles. The molecule has 4 aliphatic carbocycles. The zero-order chi connectivity index (χ0) is 18.0. The van der Waals surface area contributed by atoms with Crippen molar-refractivity contribution in [1.82, 2.24) is 4.90 Å². The number of rotatable bonds is 2. The topological polar surface area (TPSA) is 46.4 Å². The fourth-order valence-electron chi connectivity index (χ4n) is 8.48. The predicted molar refractivity (Wildman–Crippen MR) is 107 cm³/mol. The van der Waals surface area contributed by atoms with Crippen molar-refractivity contribution in [3.63, 3.8) is 0 Å². The molecule has 150 valence electrons. The molecule has 4 rings (SSSR count). The van der Waals surface area contributed by atoms with Crippen LogP contribution in [0.4, 0.5) is 0 Å². The summed E-state index contributed by atoms with van der Waals surface area (Å²) in [6, 6.07) is 0. The highest BCUT2D eigenvalue weighted by Crippen LogP contribution is 2.68. The zero-order valence-corrected chi connectivity index (χ0v) is 17.8. The lowest BCUT2D eigenvalue weighted by Gasteiger charge is -2.60. The SMILES string of the molecule is CN(C)C1([N+](=O)[O-])CC[C@H]2[C@@H]3CCC4CCCC[C@]4(C)[C@@H]3CC[C@@]21C.Cl.